The topological polar surface area (TPSA) is 75.6 Å². The third-order valence-electron chi connectivity index (χ3n) is 3.64. The fourth-order valence-corrected chi connectivity index (χ4v) is 3.58. The van der Waals surface area contributed by atoms with Gasteiger partial charge < -0.3 is 9.88 Å². The third kappa shape index (κ3) is 4.33. The lowest BCUT2D eigenvalue weighted by molar-refractivity contribution is -0.120. The van der Waals surface area contributed by atoms with E-state index in [1.54, 1.807) is 4.57 Å². The first-order valence-electron chi connectivity index (χ1n) is 7.61. The maximum Gasteiger partial charge on any atom is 0.226 e. The number of benzene rings is 1. The van der Waals surface area contributed by atoms with Crippen LogP contribution < -0.4 is 5.32 Å². The van der Waals surface area contributed by atoms with E-state index in [2.05, 4.69) is 20.5 Å². The summed E-state index contributed by atoms with van der Waals surface area (Å²) in [6.07, 6.45) is 0.844. The minimum Gasteiger partial charge on any atom is -0.355 e. The van der Waals surface area contributed by atoms with Crippen LogP contribution in [0.5, 0.6) is 0 Å². The van der Waals surface area contributed by atoms with E-state index in [9.17, 15) is 4.79 Å². The van der Waals surface area contributed by atoms with Crippen molar-refractivity contribution >= 4 is 41.1 Å². The lowest BCUT2D eigenvalue weighted by Crippen LogP contribution is -2.27. The van der Waals surface area contributed by atoms with Gasteiger partial charge in [0.2, 0.25) is 5.91 Å². The van der Waals surface area contributed by atoms with Crippen LogP contribution in [0.2, 0.25) is 5.02 Å². The number of H-pyrrole nitrogens is 1. The zero-order chi connectivity index (χ0) is 17.8. The smallest absolute Gasteiger partial charge is 0.226 e. The number of nitrogens with zero attached hydrogens (tertiary/aromatic N) is 3. The highest BCUT2D eigenvalue weighted by Gasteiger charge is 2.11. The van der Waals surface area contributed by atoms with Crippen LogP contribution >= 0.6 is 35.2 Å². The zero-order valence-electron chi connectivity index (χ0n) is 13.5. The maximum absolute atomic E-state index is 12.1. The molecular weight excluding hydrogens is 378 g/mol. The van der Waals surface area contributed by atoms with Crippen molar-refractivity contribution in [2.24, 2.45) is 7.05 Å². The third-order valence-corrected chi connectivity index (χ3v) is 5.26. The van der Waals surface area contributed by atoms with Crippen LogP contribution in [-0.2, 0) is 24.7 Å². The molecular formula is C16H16ClN5OS2. The summed E-state index contributed by atoms with van der Waals surface area (Å²) in [4.78, 5) is 16.6. The number of thiazole rings is 1. The van der Waals surface area contributed by atoms with Gasteiger partial charge >= 0.3 is 0 Å². The standard InChI is InChI=1S/C16H16ClN5OS2/c1-22-13(20-21-16(22)24)6-7-18-14(23)8-10-9-25-15(19-10)11-4-2-3-5-12(11)17/h2-5,9H,6-8H2,1H3,(H,18,23)(H,21,24). The summed E-state index contributed by atoms with van der Waals surface area (Å²) in [5.41, 5.74) is 1.61. The number of carbonyl (C=O) groups is 1. The quantitative estimate of drug-likeness (QED) is 0.631. The van der Waals surface area contributed by atoms with Crippen molar-refractivity contribution in [2.45, 2.75) is 12.8 Å². The monoisotopic (exact) mass is 393 g/mol. The van der Waals surface area contributed by atoms with E-state index in [1.807, 2.05) is 36.7 Å². The van der Waals surface area contributed by atoms with E-state index in [0.29, 0.717) is 22.8 Å². The normalized spacial score (nSPS) is 10.8. The van der Waals surface area contributed by atoms with Crippen molar-refractivity contribution < 1.29 is 4.79 Å². The van der Waals surface area contributed by atoms with E-state index in [0.717, 1.165) is 22.1 Å². The molecule has 0 unspecified atom stereocenters. The average Bonchev–Trinajstić information content (AvgIpc) is 3.17. The molecule has 1 amide bonds. The van der Waals surface area contributed by atoms with Gasteiger partial charge in [-0.1, -0.05) is 29.8 Å². The summed E-state index contributed by atoms with van der Waals surface area (Å²) in [5, 5.41) is 13.1. The molecule has 0 fully saturated rings. The van der Waals surface area contributed by atoms with Gasteiger partial charge in [0.15, 0.2) is 4.77 Å². The molecule has 9 heteroatoms. The summed E-state index contributed by atoms with van der Waals surface area (Å²) in [6.45, 7) is 0.494. The Hall–Kier alpha value is -2.03. The molecule has 0 aliphatic heterocycles. The van der Waals surface area contributed by atoms with E-state index in [1.165, 1.54) is 11.3 Å². The number of amides is 1. The minimum atomic E-state index is -0.0761. The van der Waals surface area contributed by atoms with Crippen LogP contribution in [0.1, 0.15) is 11.5 Å². The number of carbonyl (C=O) groups excluding carboxylic acids is 1. The summed E-state index contributed by atoms with van der Waals surface area (Å²) in [6, 6.07) is 7.54. The number of hydrogen-bond donors (Lipinski definition) is 2. The molecule has 25 heavy (non-hydrogen) atoms. The lowest BCUT2D eigenvalue weighted by atomic mass is 10.2. The van der Waals surface area contributed by atoms with Gasteiger partial charge in [-0.3, -0.25) is 9.89 Å². The van der Waals surface area contributed by atoms with Crippen LogP contribution in [0.15, 0.2) is 29.6 Å². The number of hydrogen-bond acceptors (Lipinski definition) is 5. The van der Waals surface area contributed by atoms with Crippen molar-refractivity contribution in [1.82, 2.24) is 25.1 Å². The number of aromatic nitrogens is 4. The summed E-state index contributed by atoms with van der Waals surface area (Å²) in [5.74, 6) is 0.729. The van der Waals surface area contributed by atoms with Gasteiger partial charge in [-0.2, -0.15) is 5.10 Å². The van der Waals surface area contributed by atoms with Gasteiger partial charge in [0, 0.05) is 31.0 Å². The first kappa shape index (κ1) is 17.8. The predicted octanol–water partition coefficient (Wildman–Crippen LogP) is 3.16. The molecule has 0 bridgehead atoms. The molecule has 130 valence electrons. The Balaban J connectivity index is 1.54. The summed E-state index contributed by atoms with van der Waals surface area (Å²) >= 11 is 12.7. The Morgan fingerprint density at radius 2 is 2.24 bits per heavy atom. The zero-order valence-corrected chi connectivity index (χ0v) is 15.8. The van der Waals surface area contributed by atoms with Gasteiger partial charge in [0.1, 0.15) is 10.8 Å². The number of nitrogens with one attached hydrogen (secondary N) is 2. The molecule has 0 saturated carbocycles. The molecule has 0 spiro atoms. The molecule has 2 N–H and O–H groups in total. The second-order valence-electron chi connectivity index (χ2n) is 5.40. The molecule has 2 heterocycles. The number of rotatable bonds is 6. The van der Waals surface area contributed by atoms with Crippen molar-refractivity contribution in [1.29, 1.82) is 0 Å². The Bertz CT molecular complexity index is 946. The highest BCUT2D eigenvalue weighted by atomic mass is 35.5. The lowest BCUT2D eigenvalue weighted by Gasteiger charge is -2.04. The molecule has 2 aromatic heterocycles. The highest BCUT2D eigenvalue weighted by Crippen LogP contribution is 2.30. The summed E-state index contributed by atoms with van der Waals surface area (Å²) < 4.78 is 2.36. The van der Waals surface area contributed by atoms with Gasteiger partial charge in [-0.25, -0.2) is 4.98 Å². The Labute approximate surface area is 158 Å². The molecule has 3 rings (SSSR count). The van der Waals surface area contributed by atoms with E-state index >= 15 is 0 Å². The van der Waals surface area contributed by atoms with E-state index in [4.69, 9.17) is 23.8 Å². The van der Waals surface area contributed by atoms with Crippen LogP contribution in [0.4, 0.5) is 0 Å². The Kier molecular flexibility index (Phi) is 5.62. The minimum absolute atomic E-state index is 0.0761. The van der Waals surface area contributed by atoms with Gasteiger partial charge in [0.05, 0.1) is 17.1 Å². The fourth-order valence-electron chi connectivity index (χ4n) is 2.29. The first-order chi connectivity index (χ1) is 12.0. The maximum atomic E-state index is 12.1. The predicted molar refractivity (Wildman–Crippen MR) is 101 cm³/mol. The van der Waals surface area contributed by atoms with Crippen LogP contribution in [0.3, 0.4) is 0 Å². The van der Waals surface area contributed by atoms with Crippen molar-refractivity contribution in [3.05, 3.63) is 51.0 Å². The van der Waals surface area contributed by atoms with Crippen molar-refractivity contribution in [2.75, 3.05) is 6.54 Å². The second-order valence-corrected chi connectivity index (χ2v) is 7.06. The molecule has 3 aromatic rings. The Morgan fingerprint density at radius 3 is 2.96 bits per heavy atom. The first-order valence-corrected chi connectivity index (χ1v) is 9.27. The largest absolute Gasteiger partial charge is 0.355 e. The SMILES string of the molecule is Cn1c(CCNC(=O)Cc2csc(-c3ccccc3Cl)n2)n[nH]c1=S. The average molecular weight is 394 g/mol. The van der Waals surface area contributed by atoms with Crippen LogP contribution in [0, 0.1) is 4.77 Å². The molecule has 1 aromatic carbocycles. The number of halogens is 1. The number of aromatic amines is 1. The van der Waals surface area contributed by atoms with Gasteiger partial charge in [-0.15, -0.1) is 11.3 Å². The van der Waals surface area contributed by atoms with E-state index < -0.39 is 0 Å². The fraction of sp³-hybridized carbons (Fsp3) is 0.250. The molecule has 0 saturated heterocycles. The molecule has 0 radical (unpaired) electrons. The van der Waals surface area contributed by atoms with Crippen molar-refractivity contribution in [3.63, 3.8) is 0 Å². The summed E-state index contributed by atoms with van der Waals surface area (Å²) in [7, 11) is 1.84. The Morgan fingerprint density at radius 1 is 1.44 bits per heavy atom. The highest BCUT2D eigenvalue weighted by molar-refractivity contribution is 7.71. The second kappa shape index (κ2) is 7.90. The van der Waals surface area contributed by atoms with E-state index in [-0.39, 0.29) is 12.3 Å². The van der Waals surface area contributed by atoms with Gasteiger partial charge in [0.25, 0.3) is 0 Å². The molecule has 0 atom stereocenters. The van der Waals surface area contributed by atoms with Crippen LogP contribution in [-0.4, -0.2) is 32.2 Å². The molecule has 0 aliphatic rings. The molecule has 6 nitrogen and oxygen atoms in total. The van der Waals surface area contributed by atoms with Crippen molar-refractivity contribution in [3.8, 4) is 10.6 Å². The van der Waals surface area contributed by atoms with Crippen LogP contribution in [0.25, 0.3) is 10.6 Å². The van der Waals surface area contributed by atoms with Gasteiger partial charge in [-0.05, 0) is 18.3 Å². The molecule has 0 aliphatic carbocycles.